The largest absolute Gasteiger partial charge is 0.384 e. The lowest BCUT2D eigenvalue weighted by Gasteiger charge is -2.44. The lowest BCUT2D eigenvalue weighted by atomic mass is 9.71. The molecule has 106 valence electrons. The second-order valence-electron chi connectivity index (χ2n) is 6.75. The second kappa shape index (κ2) is 4.92. The van der Waals surface area contributed by atoms with Gasteiger partial charge in [-0.2, -0.15) is 0 Å². The van der Waals surface area contributed by atoms with E-state index in [1.54, 1.807) is 0 Å². The fraction of sp³-hybridized carbons (Fsp3) is 0.647. The standard InChI is InChI=1S/C17H27NO/c1-11-7-12(2)16(13(3)8-11)17(19)9-15(5)18(6)10-14(17)4/h7-8,14-15,19H,9-10H2,1-6H3/p+1/t14-,15-,17-/m0/s1. The van der Waals surface area contributed by atoms with Crippen LogP contribution in [0.25, 0.3) is 0 Å². The molecular weight excluding hydrogens is 234 g/mol. The minimum Gasteiger partial charge on any atom is -0.384 e. The molecule has 1 saturated heterocycles. The summed E-state index contributed by atoms with van der Waals surface area (Å²) in [5.74, 6) is 0.295. The van der Waals surface area contributed by atoms with E-state index in [-0.39, 0.29) is 0 Å². The van der Waals surface area contributed by atoms with E-state index in [1.807, 2.05) is 0 Å². The maximum Gasteiger partial charge on any atom is 0.104 e. The predicted molar refractivity (Wildman–Crippen MR) is 79.5 cm³/mol. The topological polar surface area (TPSA) is 24.7 Å². The van der Waals surface area contributed by atoms with Crippen LogP contribution in [0.2, 0.25) is 0 Å². The molecule has 4 atom stereocenters. The van der Waals surface area contributed by atoms with Crippen molar-refractivity contribution in [3.63, 3.8) is 0 Å². The van der Waals surface area contributed by atoms with Crippen molar-refractivity contribution in [2.75, 3.05) is 13.6 Å². The van der Waals surface area contributed by atoms with Crippen molar-refractivity contribution in [3.8, 4) is 0 Å². The van der Waals surface area contributed by atoms with E-state index in [9.17, 15) is 5.11 Å². The van der Waals surface area contributed by atoms with Gasteiger partial charge in [-0.15, -0.1) is 0 Å². The van der Waals surface area contributed by atoms with Gasteiger partial charge in [-0.3, -0.25) is 0 Å². The SMILES string of the molecule is Cc1cc(C)c([C@]2(O)C[C@H](C)[NH+](C)C[C@@H]2C)c(C)c1. The van der Waals surface area contributed by atoms with Gasteiger partial charge in [0, 0.05) is 12.3 Å². The number of likely N-dealkylation sites (tertiary alicyclic amines) is 1. The van der Waals surface area contributed by atoms with E-state index in [1.165, 1.54) is 27.2 Å². The second-order valence-corrected chi connectivity index (χ2v) is 6.75. The zero-order valence-corrected chi connectivity index (χ0v) is 13.2. The van der Waals surface area contributed by atoms with Crippen LogP contribution in [0.4, 0.5) is 0 Å². The molecule has 0 radical (unpaired) electrons. The highest BCUT2D eigenvalue weighted by Gasteiger charge is 2.46. The molecule has 2 N–H and O–H groups in total. The highest BCUT2D eigenvalue weighted by molar-refractivity contribution is 5.42. The van der Waals surface area contributed by atoms with Crippen LogP contribution in [0.15, 0.2) is 12.1 Å². The van der Waals surface area contributed by atoms with Crippen LogP contribution in [0.3, 0.4) is 0 Å². The number of hydrogen-bond acceptors (Lipinski definition) is 1. The Hall–Kier alpha value is -0.860. The normalized spacial score (nSPS) is 35.4. The Morgan fingerprint density at radius 1 is 1.16 bits per heavy atom. The molecule has 1 fully saturated rings. The lowest BCUT2D eigenvalue weighted by Crippen LogP contribution is -3.15. The van der Waals surface area contributed by atoms with Crippen LogP contribution in [0.1, 0.15) is 42.5 Å². The third kappa shape index (κ3) is 2.44. The van der Waals surface area contributed by atoms with E-state index >= 15 is 0 Å². The smallest absolute Gasteiger partial charge is 0.104 e. The maximum atomic E-state index is 11.3. The minimum absolute atomic E-state index is 0.295. The molecule has 2 nitrogen and oxygen atoms in total. The van der Waals surface area contributed by atoms with Gasteiger partial charge < -0.3 is 10.0 Å². The van der Waals surface area contributed by atoms with Crippen LogP contribution < -0.4 is 4.90 Å². The minimum atomic E-state index is -0.666. The summed E-state index contributed by atoms with van der Waals surface area (Å²) in [6.45, 7) is 11.9. The molecule has 1 unspecified atom stereocenters. The fourth-order valence-electron chi connectivity index (χ4n) is 3.91. The quantitative estimate of drug-likeness (QED) is 0.792. The molecular formula is C17H28NO+. The summed E-state index contributed by atoms with van der Waals surface area (Å²) in [6.07, 6.45) is 0.852. The van der Waals surface area contributed by atoms with Gasteiger partial charge in [0.2, 0.25) is 0 Å². The van der Waals surface area contributed by atoms with Crippen molar-refractivity contribution in [1.82, 2.24) is 0 Å². The molecule has 0 aromatic heterocycles. The molecule has 0 aliphatic carbocycles. The average molecular weight is 262 g/mol. The van der Waals surface area contributed by atoms with Crippen molar-refractivity contribution < 1.29 is 10.0 Å². The molecule has 1 aliphatic rings. The first-order valence-electron chi connectivity index (χ1n) is 7.38. The number of quaternary nitrogens is 1. The summed E-state index contributed by atoms with van der Waals surface area (Å²) in [5.41, 5.74) is 4.25. The van der Waals surface area contributed by atoms with Gasteiger partial charge in [0.05, 0.1) is 19.6 Å². The van der Waals surface area contributed by atoms with Gasteiger partial charge in [-0.1, -0.05) is 24.6 Å². The van der Waals surface area contributed by atoms with Crippen LogP contribution in [0, 0.1) is 26.7 Å². The lowest BCUT2D eigenvalue weighted by molar-refractivity contribution is -0.916. The molecule has 0 amide bonds. The Kier molecular flexibility index (Phi) is 3.76. The van der Waals surface area contributed by atoms with Gasteiger partial charge in [-0.05, 0) is 44.4 Å². The van der Waals surface area contributed by atoms with Crippen LogP contribution in [-0.4, -0.2) is 24.7 Å². The highest BCUT2D eigenvalue weighted by atomic mass is 16.3. The first kappa shape index (κ1) is 14.5. The number of benzene rings is 1. The number of hydrogen-bond donors (Lipinski definition) is 2. The number of aryl methyl sites for hydroxylation is 3. The van der Waals surface area contributed by atoms with Gasteiger partial charge in [-0.25, -0.2) is 0 Å². The van der Waals surface area contributed by atoms with Crippen molar-refractivity contribution >= 4 is 0 Å². The van der Waals surface area contributed by atoms with E-state index in [0.717, 1.165) is 13.0 Å². The summed E-state index contributed by atoms with van der Waals surface area (Å²) in [4.78, 5) is 1.53. The van der Waals surface area contributed by atoms with Gasteiger partial charge in [0.25, 0.3) is 0 Å². The molecule has 2 heteroatoms. The Balaban J connectivity index is 2.50. The number of aliphatic hydroxyl groups is 1. The zero-order valence-electron chi connectivity index (χ0n) is 13.2. The van der Waals surface area contributed by atoms with Crippen LogP contribution in [0.5, 0.6) is 0 Å². The Bertz CT molecular complexity index is 459. The molecule has 1 aliphatic heterocycles. The van der Waals surface area contributed by atoms with Crippen LogP contribution >= 0.6 is 0 Å². The molecule has 1 aromatic rings. The van der Waals surface area contributed by atoms with E-state index in [0.29, 0.717) is 12.0 Å². The van der Waals surface area contributed by atoms with E-state index in [2.05, 4.69) is 53.8 Å². The number of rotatable bonds is 1. The molecule has 0 bridgehead atoms. The third-order valence-electron chi connectivity index (χ3n) is 5.01. The summed E-state index contributed by atoms with van der Waals surface area (Å²) in [7, 11) is 2.23. The van der Waals surface area contributed by atoms with Crippen LogP contribution in [-0.2, 0) is 5.60 Å². The summed E-state index contributed by atoms with van der Waals surface area (Å²) in [5, 5.41) is 11.3. The molecule has 1 aromatic carbocycles. The molecule has 1 heterocycles. The number of piperidine rings is 1. The zero-order chi connectivity index (χ0) is 14.4. The molecule has 19 heavy (non-hydrogen) atoms. The Morgan fingerprint density at radius 3 is 2.21 bits per heavy atom. The van der Waals surface area contributed by atoms with Crippen molar-refractivity contribution in [3.05, 3.63) is 34.4 Å². The molecule has 2 rings (SSSR count). The van der Waals surface area contributed by atoms with E-state index in [4.69, 9.17) is 0 Å². The average Bonchev–Trinajstić information content (AvgIpc) is 2.25. The predicted octanol–water partition coefficient (Wildman–Crippen LogP) is 1.74. The third-order valence-corrected chi connectivity index (χ3v) is 5.01. The van der Waals surface area contributed by atoms with Gasteiger partial charge in [0.1, 0.15) is 5.60 Å². The first-order valence-corrected chi connectivity index (χ1v) is 7.38. The van der Waals surface area contributed by atoms with Crippen molar-refractivity contribution in [2.24, 2.45) is 5.92 Å². The van der Waals surface area contributed by atoms with Gasteiger partial charge in [0.15, 0.2) is 0 Å². The summed E-state index contributed by atoms with van der Waals surface area (Å²) in [6, 6.07) is 4.90. The number of nitrogens with one attached hydrogen (secondary N) is 1. The monoisotopic (exact) mass is 262 g/mol. The fourth-order valence-corrected chi connectivity index (χ4v) is 3.91. The molecule has 0 spiro atoms. The van der Waals surface area contributed by atoms with Gasteiger partial charge >= 0.3 is 0 Å². The first-order chi connectivity index (χ1) is 8.75. The maximum absolute atomic E-state index is 11.3. The Morgan fingerprint density at radius 2 is 1.68 bits per heavy atom. The van der Waals surface area contributed by atoms with E-state index < -0.39 is 5.60 Å². The van der Waals surface area contributed by atoms with Crippen molar-refractivity contribution in [1.29, 1.82) is 0 Å². The summed E-state index contributed by atoms with van der Waals surface area (Å²) < 4.78 is 0. The van der Waals surface area contributed by atoms with Crippen molar-refractivity contribution in [2.45, 2.75) is 52.7 Å². The molecule has 0 saturated carbocycles. The summed E-state index contributed by atoms with van der Waals surface area (Å²) >= 11 is 0. The Labute approximate surface area is 117 Å². The highest BCUT2D eigenvalue weighted by Crippen LogP contribution is 2.39.